The van der Waals surface area contributed by atoms with Crippen LogP contribution in [-0.2, 0) is 6.42 Å². The molecule has 0 saturated carbocycles. The lowest BCUT2D eigenvalue weighted by molar-refractivity contribution is 0.488. The van der Waals surface area contributed by atoms with Crippen molar-refractivity contribution < 1.29 is 4.42 Å². The Hall–Kier alpha value is -1.57. The molecule has 0 fully saturated rings. The molecule has 0 aromatic carbocycles. The van der Waals surface area contributed by atoms with Crippen LogP contribution in [0.1, 0.15) is 38.0 Å². The predicted octanol–water partition coefficient (Wildman–Crippen LogP) is 4.03. The molecule has 0 atom stereocenters. The van der Waals surface area contributed by atoms with Gasteiger partial charge in [0, 0.05) is 17.7 Å². The number of hydrogen-bond donors (Lipinski definition) is 0. The van der Waals surface area contributed by atoms with Gasteiger partial charge in [-0.05, 0) is 24.1 Å². The summed E-state index contributed by atoms with van der Waals surface area (Å²) in [6, 6.07) is 6.18. The fourth-order valence-electron chi connectivity index (χ4n) is 1.77. The number of nitrogens with zero attached hydrogens (tertiary/aromatic N) is 1. The molecule has 0 bridgehead atoms. The Balaban J connectivity index is 2.38. The summed E-state index contributed by atoms with van der Waals surface area (Å²) >= 11 is 0. The van der Waals surface area contributed by atoms with Crippen LogP contribution in [0.25, 0.3) is 11.3 Å². The Kier molecular flexibility index (Phi) is 3.09. The maximum Gasteiger partial charge on any atom is 0.115 e. The zero-order chi connectivity index (χ0) is 11.5. The molecule has 2 aromatic heterocycles. The Morgan fingerprint density at radius 2 is 2.06 bits per heavy atom. The Bertz CT molecular complexity index is 454. The average molecular weight is 215 g/mol. The minimum atomic E-state index is 0.387. The van der Waals surface area contributed by atoms with Crippen molar-refractivity contribution in [2.45, 2.75) is 33.1 Å². The van der Waals surface area contributed by atoms with Gasteiger partial charge in [-0.3, -0.25) is 4.98 Å². The van der Waals surface area contributed by atoms with Crippen LogP contribution >= 0.6 is 0 Å². The van der Waals surface area contributed by atoms with Crippen molar-refractivity contribution in [2.75, 3.05) is 0 Å². The fourth-order valence-corrected chi connectivity index (χ4v) is 1.77. The molecule has 0 unspecified atom stereocenters. The van der Waals surface area contributed by atoms with E-state index in [0.29, 0.717) is 5.92 Å². The molecule has 2 heteroatoms. The summed E-state index contributed by atoms with van der Waals surface area (Å²) in [5, 5.41) is 0. The van der Waals surface area contributed by atoms with Gasteiger partial charge >= 0.3 is 0 Å². The van der Waals surface area contributed by atoms with Crippen molar-refractivity contribution in [1.82, 2.24) is 4.98 Å². The first kappa shape index (κ1) is 10.9. The summed E-state index contributed by atoms with van der Waals surface area (Å²) in [4.78, 5) is 4.48. The third kappa shape index (κ3) is 2.01. The van der Waals surface area contributed by atoms with Crippen molar-refractivity contribution in [2.24, 2.45) is 0 Å². The summed E-state index contributed by atoms with van der Waals surface area (Å²) in [5.74, 6) is 1.40. The second-order valence-corrected chi connectivity index (χ2v) is 4.26. The highest BCUT2D eigenvalue weighted by Crippen LogP contribution is 2.28. The third-order valence-corrected chi connectivity index (χ3v) is 2.73. The zero-order valence-corrected chi connectivity index (χ0v) is 10.0. The Morgan fingerprint density at radius 1 is 1.25 bits per heavy atom. The number of aryl methyl sites for hydroxylation is 1. The highest BCUT2D eigenvalue weighted by Gasteiger charge is 2.12. The van der Waals surface area contributed by atoms with Gasteiger partial charge in [-0.25, -0.2) is 0 Å². The molecular weight excluding hydrogens is 198 g/mol. The van der Waals surface area contributed by atoms with Crippen LogP contribution in [0.4, 0.5) is 0 Å². The van der Waals surface area contributed by atoms with E-state index >= 15 is 0 Å². The van der Waals surface area contributed by atoms with Crippen LogP contribution in [0.2, 0.25) is 0 Å². The first-order valence-corrected chi connectivity index (χ1v) is 5.75. The minimum absolute atomic E-state index is 0.387. The van der Waals surface area contributed by atoms with Crippen molar-refractivity contribution in [1.29, 1.82) is 0 Å². The van der Waals surface area contributed by atoms with E-state index in [4.69, 9.17) is 4.42 Å². The van der Waals surface area contributed by atoms with E-state index in [2.05, 4.69) is 37.9 Å². The van der Waals surface area contributed by atoms with E-state index in [1.165, 1.54) is 5.56 Å². The van der Waals surface area contributed by atoms with Gasteiger partial charge < -0.3 is 4.42 Å². The number of hydrogen-bond acceptors (Lipinski definition) is 2. The Labute approximate surface area is 96.3 Å². The predicted molar refractivity (Wildman–Crippen MR) is 65.4 cm³/mol. The summed E-state index contributed by atoms with van der Waals surface area (Å²) in [6.45, 7) is 6.39. The smallest absolute Gasteiger partial charge is 0.115 e. The molecule has 84 valence electrons. The highest BCUT2D eigenvalue weighted by atomic mass is 16.3. The average Bonchev–Trinajstić information content (AvgIpc) is 2.78. The summed E-state index contributed by atoms with van der Waals surface area (Å²) in [6.07, 6.45) is 4.70. The van der Waals surface area contributed by atoms with Gasteiger partial charge in [0.2, 0.25) is 0 Å². The van der Waals surface area contributed by atoms with Crippen molar-refractivity contribution in [3.8, 4) is 11.3 Å². The quantitative estimate of drug-likeness (QED) is 0.772. The fraction of sp³-hybridized carbons (Fsp3) is 0.357. The number of furan rings is 1. The molecule has 2 rings (SSSR count). The maximum absolute atomic E-state index is 5.50. The van der Waals surface area contributed by atoms with E-state index in [1.54, 1.807) is 6.26 Å². The van der Waals surface area contributed by atoms with Gasteiger partial charge in [0.1, 0.15) is 5.76 Å². The molecule has 0 saturated heterocycles. The molecule has 0 spiro atoms. The second-order valence-electron chi connectivity index (χ2n) is 4.26. The molecule has 0 aliphatic heterocycles. The summed E-state index contributed by atoms with van der Waals surface area (Å²) in [7, 11) is 0. The van der Waals surface area contributed by atoms with Crippen molar-refractivity contribution >= 4 is 0 Å². The largest absolute Gasteiger partial charge is 0.468 e. The van der Waals surface area contributed by atoms with Crippen LogP contribution < -0.4 is 0 Å². The molecule has 0 amide bonds. The summed E-state index contributed by atoms with van der Waals surface area (Å²) in [5.41, 5.74) is 3.37. The molecule has 0 radical (unpaired) electrons. The normalized spacial score (nSPS) is 11.0. The molecule has 0 aliphatic rings. The lowest BCUT2D eigenvalue weighted by atomic mass is 10.0. The highest BCUT2D eigenvalue weighted by molar-refractivity contribution is 5.61. The summed E-state index contributed by atoms with van der Waals surface area (Å²) < 4.78 is 5.50. The minimum Gasteiger partial charge on any atom is -0.468 e. The van der Waals surface area contributed by atoms with Gasteiger partial charge in [-0.15, -0.1) is 0 Å². The molecular formula is C14H17NO. The van der Waals surface area contributed by atoms with Crippen LogP contribution in [0.3, 0.4) is 0 Å². The first-order chi connectivity index (χ1) is 7.72. The molecule has 2 aromatic rings. The molecule has 16 heavy (non-hydrogen) atoms. The monoisotopic (exact) mass is 215 g/mol. The first-order valence-electron chi connectivity index (χ1n) is 5.75. The topological polar surface area (TPSA) is 26.0 Å². The van der Waals surface area contributed by atoms with Gasteiger partial charge in [0.05, 0.1) is 12.0 Å². The van der Waals surface area contributed by atoms with E-state index in [9.17, 15) is 0 Å². The van der Waals surface area contributed by atoms with E-state index in [-0.39, 0.29) is 0 Å². The van der Waals surface area contributed by atoms with Crippen LogP contribution in [0, 0.1) is 0 Å². The standard InChI is InChI=1S/C14H17NO/c1-4-11-5-6-13(15-9-11)12-7-8-16-14(12)10(2)3/h5-10H,4H2,1-3H3. The molecule has 2 nitrogen and oxygen atoms in total. The van der Waals surface area contributed by atoms with Crippen LogP contribution in [-0.4, -0.2) is 4.98 Å². The lowest BCUT2D eigenvalue weighted by Gasteiger charge is -2.05. The van der Waals surface area contributed by atoms with Crippen LogP contribution in [0.5, 0.6) is 0 Å². The SMILES string of the molecule is CCc1ccc(-c2ccoc2C(C)C)nc1. The third-order valence-electron chi connectivity index (χ3n) is 2.73. The van der Waals surface area contributed by atoms with E-state index in [1.807, 2.05) is 12.3 Å². The molecule has 0 N–H and O–H groups in total. The molecule has 0 aliphatic carbocycles. The number of pyridine rings is 1. The van der Waals surface area contributed by atoms with Gasteiger partial charge in [0.25, 0.3) is 0 Å². The van der Waals surface area contributed by atoms with Crippen molar-refractivity contribution in [3.05, 3.63) is 42.0 Å². The lowest BCUT2D eigenvalue weighted by Crippen LogP contribution is -1.90. The van der Waals surface area contributed by atoms with Gasteiger partial charge in [-0.2, -0.15) is 0 Å². The van der Waals surface area contributed by atoms with Gasteiger partial charge in [-0.1, -0.05) is 26.8 Å². The van der Waals surface area contributed by atoms with Crippen LogP contribution in [0.15, 0.2) is 35.1 Å². The van der Waals surface area contributed by atoms with Crippen molar-refractivity contribution in [3.63, 3.8) is 0 Å². The number of rotatable bonds is 3. The zero-order valence-electron chi connectivity index (χ0n) is 10.0. The maximum atomic E-state index is 5.50. The van der Waals surface area contributed by atoms with Gasteiger partial charge in [0.15, 0.2) is 0 Å². The molecule has 2 heterocycles. The number of aromatic nitrogens is 1. The Morgan fingerprint density at radius 3 is 2.62 bits per heavy atom. The van der Waals surface area contributed by atoms with E-state index in [0.717, 1.165) is 23.4 Å². The van der Waals surface area contributed by atoms with E-state index < -0.39 is 0 Å². The second kappa shape index (κ2) is 4.52.